The van der Waals surface area contributed by atoms with Crippen LogP contribution in [0.5, 0.6) is 11.5 Å². The molecule has 0 aliphatic rings. The topological polar surface area (TPSA) is 72.5 Å². The molecule has 0 aliphatic heterocycles. The molecule has 0 fully saturated rings. The maximum absolute atomic E-state index is 12.5. The Morgan fingerprint density at radius 1 is 1.14 bits per heavy atom. The molecular weight excluding hydrogens is 374 g/mol. The van der Waals surface area contributed by atoms with Crippen LogP contribution < -0.4 is 20.1 Å². The third-order valence-electron chi connectivity index (χ3n) is 4.26. The highest BCUT2D eigenvalue weighted by atomic mass is 32.1. The van der Waals surface area contributed by atoms with E-state index in [1.54, 1.807) is 25.3 Å². The summed E-state index contributed by atoms with van der Waals surface area (Å²) in [6.45, 7) is 3.79. The van der Waals surface area contributed by atoms with Crippen LogP contribution in [0.4, 0.5) is 5.82 Å². The van der Waals surface area contributed by atoms with Crippen LogP contribution >= 0.6 is 11.5 Å². The first kappa shape index (κ1) is 19.9. The number of unbranched alkanes of at least 4 members (excludes halogenated alkanes) is 1. The average molecular weight is 400 g/mol. The number of nitrogens with one attached hydrogen (secondary N) is 2. The molecule has 6 nitrogen and oxygen atoms in total. The largest absolute Gasteiger partial charge is 0.493 e. The number of carbonyl (C=O) groups excluding carboxylic acids is 1. The Bertz CT molecular complexity index is 926. The molecule has 1 amide bonds. The molecule has 0 radical (unpaired) electrons. The SMILES string of the molecule is CCCCOc1cc(C(=O)NCCNc2nsc3ccccc23)ccc1OC. The fourth-order valence-corrected chi connectivity index (χ4v) is 3.48. The Labute approximate surface area is 169 Å². The minimum atomic E-state index is -0.145. The third kappa shape index (κ3) is 4.92. The maximum Gasteiger partial charge on any atom is 0.251 e. The molecule has 0 aliphatic carbocycles. The van der Waals surface area contributed by atoms with Crippen LogP contribution in [0.1, 0.15) is 30.1 Å². The number of carbonyl (C=O) groups is 1. The van der Waals surface area contributed by atoms with Crippen molar-refractivity contribution in [2.75, 3.05) is 32.1 Å². The van der Waals surface area contributed by atoms with Crippen LogP contribution in [0.3, 0.4) is 0 Å². The zero-order valence-corrected chi connectivity index (χ0v) is 17.0. The second-order valence-corrected chi connectivity index (χ2v) is 7.08. The minimum absolute atomic E-state index is 0.145. The molecule has 0 saturated heterocycles. The van der Waals surface area contributed by atoms with Gasteiger partial charge in [0.1, 0.15) is 5.82 Å². The van der Waals surface area contributed by atoms with Gasteiger partial charge in [-0.2, -0.15) is 4.37 Å². The normalized spacial score (nSPS) is 10.6. The van der Waals surface area contributed by atoms with E-state index in [1.807, 2.05) is 24.3 Å². The highest BCUT2D eigenvalue weighted by molar-refractivity contribution is 7.13. The predicted molar refractivity (Wildman–Crippen MR) is 114 cm³/mol. The minimum Gasteiger partial charge on any atom is -0.493 e. The molecule has 0 bridgehead atoms. The molecule has 0 spiro atoms. The Balaban J connectivity index is 1.53. The van der Waals surface area contributed by atoms with Crippen molar-refractivity contribution in [3.63, 3.8) is 0 Å². The van der Waals surface area contributed by atoms with Crippen molar-refractivity contribution in [1.29, 1.82) is 0 Å². The fraction of sp³-hybridized carbons (Fsp3) is 0.333. The fourth-order valence-electron chi connectivity index (χ4n) is 2.73. The summed E-state index contributed by atoms with van der Waals surface area (Å²) in [5, 5.41) is 7.30. The summed E-state index contributed by atoms with van der Waals surface area (Å²) in [5.74, 6) is 1.93. The van der Waals surface area contributed by atoms with E-state index >= 15 is 0 Å². The summed E-state index contributed by atoms with van der Waals surface area (Å²) in [7, 11) is 1.59. The van der Waals surface area contributed by atoms with Gasteiger partial charge in [-0.1, -0.05) is 25.5 Å². The van der Waals surface area contributed by atoms with Crippen molar-refractivity contribution in [1.82, 2.24) is 9.69 Å². The lowest BCUT2D eigenvalue weighted by Gasteiger charge is -2.12. The molecule has 28 heavy (non-hydrogen) atoms. The first-order valence-electron chi connectivity index (χ1n) is 9.40. The van der Waals surface area contributed by atoms with E-state index in [2.05, 4.69) is 21.9 Å². The van der Waals surface area contributed by atoms with E-state index < -0.39 is 0 Å². The number of rotatable bonds is 10. The molecule has 3 rings (SSSR count). The van der Waals surface area contributed by atoms with Crippen LogP contribution in [0.2, 0.25) is 0 Å². The maximum atomic E-state index is 12.5. The van der Waals surface area contributed by atoms with Crippen molar-refractivity contribution < 1.29 is 14.3 Å². The van der Waals surface area contributed by atoms with Crippen LogP contribution in [0.15, 0.2) is 42.5 Å². The van der Waals surface area contributed by atoms with Crippen molar-refractivity contribution in [2.24, 2.45) is 0 Å². The Hall–Kier alpha value is -2.80. The second kappa shape index (κ2) is 9.94. The summed E-state index contributed by atoms with van der Waals surface area (Å²) in [6, 6.07) is 13.3. The molecule has 3 aromatic rings. The second-order valence-electron chi connectivity index (χ2n) is 6.28. The zero-order valence-electron chi connectivity index (χ0n) is 16.2. The van der Waals surface area contributed by atoms with Gasteiger partial charge in [-0.25, -0.2) is 0 Å². The van der Waals surface area contributed by atoms with E-state index in [1.165, 1.54) is 11.5 Å². The lowest BCUT2D eigenvalue weighted by molar-refractivity contribution is 0.0954. The quantitative estimate of drug-likeness (QED) is 0.497. The molecule has 0 saturated carbocycles. The van der Waals surface area contributed by atoms with Crippen molar-refractivity contribution >= 4 is 33.3 Å². The standard InChI is InChI=1S/C21H25N3O3S/c1-3-4-13-27-18-14-15(9-10-17(18)26-2)21(25)23-12-11-22-20-16-7-5-6-8-19(16)28-24-20/h5-10,14H,3-4,11-13H2,1-2H3,(H,22,24)(H,23,25). The number of benzene rings is 2. The molecule has 0 unspecified atom stereocenters. The van der Waals surface area contributed by atoms with Crippen LogP contribution in [-0.4, -0.2) is 37.1 Å². The number of anilines is 1. The van der Waals surface area contributed by atoms with Gasteiger partial charge in [0.2, 0.25) is 0 Å². The summed E-state index contributed by atoms with van der Waals surface area (Å²) < 4.78 is 16.6. The van der Waals surface area contributed by atoms with Crippen LogP contribution in [0.25, 0.3) is 10.1 Å². The Morgan fingerprint density at radius 3 is 2.82 bits per heavy atom. The summed E-state index contributed by atoms with van der Waals surface area (Å²) >= 11 is 1.46. The number of fused-ring (bicyclic) bond motifs is 1. The van der Waals surface area contributed by atoms with E-state index in [4.69, 9.17) is 9.47 Å². The molecule has 2 aromatic carbocycles. The number of amides is 1. The molecule has 1 aromatic heterocycles. The van der Waals surface area contributed by atoms with E-state index in [0.29, 0.717) is 36.8 Å². The van der Waals surface area contributed by atoms with Gasteiger partial charge in [0, 0.05) is 24.0 Å². The van der Waals surface area contributed by atoms with Crippen molar-refractivity contribution in [3.05, 3.63) is 48.0 Å². The number of hydrogen-bond acceptors (Lipinski definition) is 6. The molecule has 2 N–H and O–H groups in total. The summed E-state index contributed by atoms with van der Waals surface area (Å²) in [6.07, 6.45) is 2.00. The molecule has 148 valence electrons. The predicted octanol–water partition coefficient (Wildman–Crippen LogP) is 4.33. The number of ether oxygens (including phenoxy) is 2. The summed E-state index contributed by atoms with van der Waals surface area (Å²) in [5.41, 5.74) is 0.548. The smallest absolute Gasteiger partial charge is 0.251 e. The van der Waals surface area contributed by atoms with Gasteiger partial charge in [0.25, 0.3) is 5.91 Å². The van der Waals surface area contributed by atoms with Crippen molar-refractivity contribution in [2.45, 2.75) is 19.8 Å². The van der Waals surface area contributed by atoms with E-state index in [9.17, 15) is 4.79 Å². The first-order chi connectivity index (χ1) is 13.7. The third-order valence-corrected chi connectivity index (χ3v) is 5.09. The Kier molecular flexibility index (Phi) is 7.08. The molecule has 0 atom stereocenters. The lowest BCUT2D eigenvalue weighted by atomic mass is 10.2. The van der Waals surface area contributed by atoms with Crippen molar-refractivity contribution in [3.8, 4) is 11.5 Å². The van der Waals surface area contributed by atoms with Crippen LogP contribution in [-0.2, 0) is 0 Å². The number of hydrogen-bond donors (Lipinski definition) is 2. The van der Waals surface area contributed by atoms with Gasteiger partial charge in [-0.05, 0) is 48.3 Å². The lowest BCUT2D eigenvalue weighted by Crippen LogP contribution is -2.28. The number of methoxy groups -OCH3 is 1. The van der Waals surface area contributed by atoms with Gasteiger partial charge in [-0.3, -0.25) is 4.79 Å². The molecule has 1 heterocycles. The Morgan fingerprint density at radius 2 is 2.00 bits per heavy atom. The van der Waals surface area contributed by atoms with Crippen LogP contribution in [0, 0.1) is 0 Å². The van der Waals surface area contributed by atoms with Gasteiger partial charge in [0.05, 0.1) is 18.4 Å². The highest BCUT2D eigenvalue weighted by Crippen LogP contribution is 2.28. The zero-order chi connectivity index (χ0) is 19.8. The number of nitrogens with zero attached hydrogens (tertiary/aromatic N) is 1. The van der Waals surface area contributed by atoms with E-state index in [0.717, 1.165) is 28.7 Å². The van der Waals surface area contributed by atoms with Gasteiger partial charge < -0.3 is 20.1 Å². The van der Waals surface area contributed by atoms with Gasteiger partial charge in [0.15, 0.2) is 11.5 Å². The molecular formula is C21H25N3O3S. The highest BCUT2D eigenvalue weighted by Gasteiger charge is 2.11. The molecule has 7 heteroatoms. The monoisotopic (exact) mass is 399 g/mol. The average Bonchev–Trinajstić information content (AvgIpc) is 3.14. The van der Waals surface area contributed by atoms with Gasteiger partial charge >= 0.3 is 0 Å². The van der Waals surface area contributed by atoms with E-state index in [-0.39, 0.29) is 5.91 Å². The number of aromatic nitrogens is 1. The summed E-state index contributed by atoms with van der Waals surface area (Å²) in [4.78, 5) is 12.5. The van der Waals surface area contributed by atoms with Gasteiger partial charge in [-0.15, -0.1) is 0 Å². The first-order valence-corrected chi connectivity index (χ1v) is 10.2.